The summed E-state index contributed by atoms with van der Waals surface area (Å²) in [5, 5.41) is 0. The molecule has 2 aliphatic carbocycles. The number of hydrogen-bond acceptors (Lipinski definition) is 2. The smallest absolute Gasteiger partial charge is 0.399 e. The van der Waals surface area contributed by atoms with E-state index >= 15 is 0 Å². The van der Waals surface area contributed by atoms with Crippen LogP contribution < -0.4 is 5.46 Å². The summed E-state index contributed by atoms with van der Waals surface area (Å²) in [5.74, 6) is -6.46. The van der Waals surface area contributed by atoms with Gasteiger partial charge in [0.1, 0.15) is 0 Å². The molecule has 148 valence electrons. The third-order valence-electron chi connectivity index (χ3n) is 7.03. The SMILES string of the molecule is CC1(C)OB(c2ccc(C34CC(F)(F)CC3CC(F)(F)C4)cc2)OC1(C)C. The lowest BCUT2D eigenvalue weighted by Gasteiger charge is -2.32. The van der Waals surface area contributed by atoms with Gasteiger partial charge < -0.3 is 9.31 Å². The molecular formula is C20H25BF4O2. The van der Waals surface area contributed by atoms with Crippen LogP contribution >= 0.6 is 0 Å². The molecular weight excluding hydrogens is 359 g/mol. The number of hydrogen-bond donors (Lipinski definition) is 0. The highest BCUT2D eigenvalue weighted by Gasteiger charge is 2.65. The number of rotatable bonds is 2. The second-order valence-electron chi connectivity index (χ2n) is 9.54. The second-order valence-corrected chi connectivity index (χ2v) is 9.54. The van der Waals surface area contributed by atoms with Gasteiger partial charge in [-0.2, -0.15) is 0 Å². The van der Waals surface area contributed by atoms with Gasteiger partial charge in [0.25, 0.3) is 0 Å². The fourth-order valence-corrected chi connectivity index (χ4v) is 4.99. The molecule has 3 aliphatic rings. The maximum Gasteiger partial charge on any atom is 0.494 e. The lowest BCUT2D eigenvalue weighted by molar-refractivity contribution is -0.0367. The van der Waals surface area contributed by atoms with Crippen LogP contribution in [0.4, 0.5) is 17.6 Å². The highest BCUT2D eigenvalue weighted by atomic mass is 19.3. The lowest BCUT2D eigenvalue weighted by Crippen LogP contribution is -2.41. The fourth-order valence-electron chi connectivity index (χ4n) is 4.99. The van der Waals surface area contributed by atoms with Crippen LogP contribution in [0.25, 0.3) is 0 Å². The molecule has 0 atom stereocenters. The van der Waals surface area contributed by atoms with Crippen LogP contribution in [0.5, 0.6) is 0 Å². The van der Waals surface area contributed by atoms with Crippen molar-refractivity contribution in [2.75, 3.05) is 0 Å². The van der Waals surface area contributed by atoms with Gasteiger partial charge in [0.05, 0.1) is 11.2 Å². The van der Waals surface area contributed by atoms with E-state index in [9.17, 15) is 17.6 Å². The van der Waals surface area contributed by atoms with Gasteiger partial charge in [0.2, 0.25) is 11.8 Å². The van der Waals surface area contributed by atoms with Gasteiger partial charge in [-0.1, -0.05) is 24.3 Å². The van der Waals surface area contributed by atoms with E-state index in [1.54, 1.807) is 24.3 Å². The zero-order valence-electron chi connectivity index (χ0n) is 16.1. The maximum absolute atomic E-state index is 14.1. The Balaban J connectivity index is 1.63. The first-order valence-electron chi connectivity index (χ1n) is 9.47. The minimum absolute atomic E-state index is 0.457. The van der Waals surface area contributed by atoms with E-state index in [1.165, 1.54) is 0 Å². The van der Waals surface area contributed by atoms with E-state index in [2.05, 4.69) is 0 Å². The zero-order valence-corrected chi connectivity index (χ0v) is 16.1. The fraction of sp³-hybridized carbons (Fsp3) is 0.700. The Morgan fingerprint density at radius 1 is 0.815 bits per heavy atom. The van der Waals surface area contributed by atoms with E-state index in [0.717, 1.165) is 5.46 Å². The first-order valence-corrected chi connectivity index (χ1v) is 9.47. The zero-order chi connectivity index (χ0) is 19.9. The van der Waals surface area contributed by atoms with Crippen LogP contribution in [0.2, 0.25) is 0 Å². The Kier molecular flexibility index (Phi) is 3.92. The molecule has 0 aromatic heterocycles. The van der Waals surface area contributed by atoms with Crippen molar-refractivity contribution >= 4 is 12.6 Å². The molecule has 0 unspecified atom stereocenters. The molecule has 0 amide bonds. The van der Waals surface area contributed by atoms with Crippen LogP contribution in [0.3, 0.4) is 0 Å². The van der Waals surface area contributed by atoms with Crippen molar-refractivity contribution in [3.8, 4) is 0 Å². The quantitative estimate of drug-likeness (QED) is 0.544. The van der Waals surface area contributed by atoms with E-state index in [-0.39, 0.29) is 0 Å². The average molecular weight is 384 g/mol. The van der Waals surface area contributed by atoms with E-state index < -0.39 is 67.2 Å². The molecule has 0 bridgehead atoms. The highest BCUT2D eigenvalue weighted by molar-refractivity contribution is 6.62. The minimum atomic E-state index is -2.88. The summed E-state index contributed by atoms with van der Waals surface area (Å²) in [6.45, 7) is 7.80. The summed E-state index contributed by atoms with van der Waals surface area (Å²) in [7, 11) is -0.563. The van der Waals surface area contributed by atoms with Gasteiger partial charge in [-0.05, 0) is 44.6 Å². The Morgan fingerprint density at radius 3 is 1.70 bits per heavy atom. The minimum Gasteiger partial charge on any atom is -0.399 e. The van der Waals surface area contributed by atoms with Crippen molar-refractivity contribution in [3.63, 3.8) is 0 Å². The van der Waals surface area contributed by atoms with Crippen molar-refractivity contribution in [3.05, 3.63) is 29.8 Å². The molecule has 0 spiro atoms. The third kappa shape index (κ3) is 3.01. The van der Waals surface area contributed by atoms with Gasteiger partial charge in [0, 0.05) is 31.1 Å². The van der Waals surface area contributed by atoms with Gasteiger partial charge in [-0.15, -0.1) is 0 Å². The van der Waals surface area contributed by atoms with E-state index in [4.69, 9.17) is 9.31 Å². The second kappa shape index (κ2) is 5.50. The predicted octanol–water partition coefficient (Wildman–Crippen LogP) is 4.70. The van der Waals surface area contributed by atoms with Gasteiger partial charge in [-0.3, -0.25) is 0 Å². The van der Waals surface area contributed by atoms with Crippen molar-refractivity contribution in [1.29, 1.82) is 0 Å². The molecule has 1 aliphatic heterocycles. The summed E-state index contributed by atoms with van der Waals surface area (Å²) in [6, 6.07) is 6.93. The van der Waals surface area contributed by atoms with Crippen molar-refractivity contribution in [2.24, 2.45) is 5.92 Å². The molecule has 7 heteroatoms. The molecule has 0 radical (unpaired) electrons. The molecule has 1 heterocycles. The summed E-state index contributed by atoms with van der Waals surface area (Å²) in [5.41, 5.74) is -0.786. The normalized spacial score (nSPS) is 35.4. The Hall–Kier alpha value is -1.08. The standard InChI is InChI=1S/C20H25BF4O2/c1-16(2)17(3,4)27-21(26-16)15-7-5-13(6-8-15)18-11-19(22,23)9-14(18)10-20(24,25)12-18/h5-8,14H,9-12H2,1-4H3. The Bertz CT molecular complexity index is 709. The first-order chi connectivity index (χ1) is 12.3. The summed E-state index contributed by atoms with van der Waals surface area (Å²) in [6.07, 6.45) is -1.92. The molecule has 27 heavy (non-hydrogen) atoms. The average Bonchev–Trinajstić information content (AvgIpc) is 2.98. The third-order valence-corrected chi connectivity index (χ3v) is 7.03. The van der Waals surface area contributed by atoms with Crippen LogP contribution in [-0.4, -0.2) is 30.2 Å². The molecule has 0 N–H and O–H groups in total. The number of benzene rings is 1. The van der Waals surface area contributed by atoms with Crippen LogP contribution in [0.15, 0.2) is 24.3 Å². The largest absolute Gasteiger partial charge is 0.494 e. The maximum atomic E-state index is 14.1. The monoisotopic (exact) mass is 384 g/mol. The van der Waals surface area contributed by atoms with Gasteiger partial charge in [-0.25, -0.2) is 17.6 Å². The summed E-state index contributed by atoms with van der Waals surface area (Å²) < 4.78 is 68.2. The molecule has 1 aromatic rings. The van der Waals surface area contributed by atoms with Crippen molar-refractivity contribution < 1.29 is 26.9 Å². The van der Waals surface area contributed by atoms with E-state index in [1.807, 2.05) is 27.7 Å². The van der Waals surface area contributed by atoms with Crippen molar-refractivity contribution in [1.82, 2.24) is 0 Å². The molecule has 1 saturated heterocycles. The molecule has 3 fully saturated rings. The first kappa shape index (κ1) is 19.3. The topological polar surface area (TPSA) is 18.5 Å². The highest BCUT2D eigenvalue weighted by Crippen LogP contribution is 2.64. The Morgan fingerprint density at radius 2 is 1.26 bits per heavy atom. The number of alkyl halides is 4. The van der Waals surface area contributed by atoms with E-state index in [0.29, 0.717) is 5.56 Å². The lowest BCUT2D eigenvalue weighted by atomic mass is 9.72. The summed E-state index contributed by atoms with van der Waals surface area (Å²) in [4.78, 5) is 0. The van der Waals surface area contributed by atoms with Crippen LogP contribution in [-0.2, 0) is 14.7 Å². The van der Waals surface area contributed by atoms with Gasteiger partial charge >= 0.3 is 7.12 Å². The predicted molar refractivity (Wildman–Crippen MR) is 95.7 cm³/mol. The van der Waals surface area contributed by atoms with Crippen LogP contribution in [0, 0.1) is 5.92 Å². The molecule has 1 aromatic carbocycles. The summed E-state index contributed by atoms with van der Waals surface area (Å²) >= 11 is 0. The number of halogens is 4. The Labute approximate surface area is 157 Å². The van der Waals surface area contributed by atoms with Crippen molar-refractivity contribution in [2.45, 2.75) is 81.8 Å². The van der Waals surface area contributed by atoms with Gasteiger partial charge in [0.15, 0.2) is 0 Å². The molecule has 2 nitrogen and oxygen atoms in total. The molecule has 4 rings (SSSR count). The molecule has 2 saturated carbocycles. The van der Waals surface area contributed by atoms with Crippen LogP contribution in [0.1, 0.15) is 58.9 Å². The number of fused-ring (bicyclic) bond motifs is 1.